The van der Waals surface area contributed by atoms with E-state index in [-0.39, 0.29) is 24.6 Å². The van der Waals surface area contributed by atoms with E-state index in [0.717, 1.165) is 0 Å². The standard InChI is InChI=1S/C9H13NO6S/c1-2-3-17(13)7-5-15-8-6(16-10(11)12)4-14-9(7)8/h2,6-9H,1,3-5H2/t6?,7?,8?,9?,17-/m1/s1. The van der Waals surface area contributed by atoms with E-state index < -0.39 is 28.1 Å². The quantitative estimate of drug-likeness (QED) is 0.383. The van der Waals surface area contributed by atoms with Gasteiger partial charge in [0.2, 0.25) is 0 Å². The van der Waals surface area contributed by atoms with Crippen LogP contribution in [0, 0.1) is 10.1 Å². The molecule has 0 aromatic heterocycles. The molecule has 0 aliphatic carbocycles. The van der Waals surface area contributed by atoms with Gasteiger partial charge in [-0.3, -0.25) is 4.21 Å². The second-order valence-electron chi connectivity index (χ2n) is 3.84. The van der Waals surface area contributed by atoms with Crippen LogP contribution in [-0.4, -0.2) is 51.8 Å². The van der Waals surface area contributed by atoms with E-state index in [4.69, 9.17) is 9.47 Å². The van der Waals surface area contributed by atoms with Gasteiger partial charge in [0, 0.05) is 16.6 Å². The first kappa shape index (κ1) is 12.5. The molecule has 2 fully saturated rings. The number of fused-ring (bicyclic) bond motifs is 1. The maximum absolute atomic E-state index is 11.8. The Morgan fingerprint density at radius 2 is 2.18 bits per heavy atom. The fourth-order valence-electron chi connectivity index (χ4n) is 2.10. The minimum absolute atomic E-state index is 0.0953. The SMILES string of the molecule is C=CC[S@@](=O)C1COC2C(O[N+](=O)[O-])COC21. The lowest BCUT2D eigenvalue weighted by Crippen LogP contribution is -2.36. The molecule has 0 aromatic rings. The van der Waals surface area contributed by atoms with Crippen LogP contribution in [0.3, 0.4) is 0 Å². The summed E-state index contributed by atoms with van der Waals surface area (Å²) in [5.41, 5.74) is 0. The van der Waals surface area contributed by atoms with E-state index in [1.54, 1.807) is 6.08 Å². The van der Waals surface area contributed by atoms with Crippen molar-refractivity contribution in [2.45, 2.75) is 23.6 Å². The zero-order valence-electron chi connectivity index (χ0n) is 9.02. The monoisotopic (exact) mass is 263 g/mol. The van der Waals surface area contributed by atoms with E-state index in [9.17, 15) is 14.3 Å². The Labute approximate surface area is 100 Å². The predicted molar refractivity (Wildman–Crippen MR) is 58.3 cm³/mol. The Morgan fingerprint density at radius 1 is 1.47 bits per heavy atom. The van der Waals surface area contributed by atoms with Crippen LogP contribution in [-0.2, 0) is 25.1 Å². The smallest absolute Gasteiger partial charge is 0.294 e. The molecule has 0 amide bonds. The minimum atomic E-state index is -1.13. The van der Waals surface area contributed by atoms with Crippen molar-refractivity contribution in [2.24, 2.45) is 0 Å². The van der Waals surface area contributed by atoms with Crippen LogP contribution in [0.5, 0.6) is 0 Å². The highest BCUT2D eigenvalue weighted by atomic mass is 32.2. The van der Waals surface area contributed by atoms with Crippen LogP contribution in [0.1, 0.15) is 0 Å². The van der Waals surface area contributed by atoms with Crippen LogP contribution in [0.2, 0.25) is 0 Å². The first-order valence-corrected chi connectivity index (χ1v) is 6.54. The topological polar surface area (TPSA) is 87.9 Å². The van der Waals surface area contributed by atoms with Crippen LogP contribution in [0.15, 0.2) is 12.7 Å². The van der Waals surface area contributed by atoms with Crippen molar-refractivity contribution in [1.82, 2.24) is 0 Å². The molecule has 96 valence electrons. The third-order valence-corrected chi connectivity index (χ3v) is 4.45. The van der Waals surface area contributed by atoms with Crippen molar-refractivity contribution >= 4 is 10.8 Å². The fraction of sp³-hybridized carbons (Fsp3) is 0.778. The molecule has 2 aliphatic rings. The van der Waals surface area contributed by atoms with Crippen molar-refractivity contribution in [3.8, 4) is 0 Å². The maximum Gasteiger partial charge on any atom is 0.294 e. The summed E-state index contributed by atoms with van der Waals surface area (Å²) in [5.74, 6) is 0.362. The van der Waals surface area contributed by atoms with Crippen LogP contribution >= 0.6 is 0 Å². The van der Waals surface area contributed by atoms with Crippen molar-refractivity contribution in [1.29, 1.82) is 0 Å². The summed E-state index contributed by atoms with van der Waals surface area (Å²) in [6.07, 6.45) is -0.0377. The molecule has 0 aromatic carbocycles. The Hall–Kier alpha value is -0.990. The van der Waals surface area contributed by atoms with Crippen molar-refractivity contribution in [2.75, 3.05) is 19.0 Å². The van der Waals surface area contributed by atoms with E-state index in [1.807, 2.05) is 0 Å². The second kappa shape index (κ2) is 5.11. The first-order valence-electron chi connectivity index (χ1n) is 5.16. The number of hydrogen-bond acceptors (Lipinski definition) is 6. The van der Waals surface area contributed by atoms with Gasteiger partial charge in [-0.15, -0.1) is 16.7 Å². The summed E-state index contributed by atoms with van der Waals surface area (Å²) in [4.78, 5) is 14.7. The predicted octanol–water partition coefficient (Wildman–Crippen LogP) is -0.336. The van der Waals surface area contributed by atoms with Crippen molar-refractivity contribution in [3.63, 3.8) is 0 Å². The molecule has 2 heterocycles. The lowest BCUT2D eigenvalue weighted by Gasteiger charge is -2.14. The molecule has 0 radical (unpaired) electrons. The van der Waals surface area contributed by atoms with Gasteiger partial charge < -0.3 is 14.3 Å². The lowest BCUT2D eigenvalue weighted by molar-refractivity contribution is -0.769. The van der Waals surface area contributed by atoms with Gasteiger partial charge in [0.1, 0.15) is 12.2 Å². The molecule has 0 bridgehead atoms. The third kappa shape index (κ3) is 2.48. The average molecular weight is 263 g/mol. The fourth-order valence-corrected chi connectivity index (χ4v) is 3.34. The first-order chi connectivity index (χ1) is 8.13. The third-order valence-electron chi connectivity index (χ3n) is 2.80. The molecule has 2 aliphatic heterocycles. The molecular formula is C9H13NO6S. The van der Waals surface area contributed by atoms with Crippen LogP contribution in [0.4, 0.5) is 0 Å². The van der Waals surface area contributed by atoms with Gasteiger partial charge in [0.05, 0.1) is 18.5 Å². The van der Waals surface area contributed by atoms with Crippen molar-refractivity contribution in [3.05, 3.63) is 22.8 Å². The van der Waals surface area contributed by atoms with E-state index in [1.165, 1.54) is 0 Å². The second-order valence-corrected chi connectivity index (χ2v) is 5.54. The number of hydrogen-bond donors (Lipinski definition) is 0. The van der Waals surface area contributed by atoms with Gasteiger partial charge in [-0.2, -0.15) is 0 Å². The molecule has 2 saturated heterocycles. The largest absolute Gasteiger partial charge is 0.372 e. The zero-order valence-corrected chi connectivity index (χ0v) is 9.84. The van der Waals surface area contributed by atoms with Gasteiger partial charge in [0.25, 0.3) is 5.09 Å². The number of ether oxygens (including phenoxy) is 2. The molecule has 4 unspecified atom stereocenters. The van der Waals surface area contributed by atoms with Crippen LogP contribution in [0.25, 0.3) is 0 Å². The van der Waals surface area contributed by atoms with E-state index in [0.29, 0.717) is 5.75 Å². The number of nitrogens with zero attached hydrogens (tertiary/aromatic N) is 1. The summed E-state index contributed by atoms with van der Waals surface area (Å²) in [6.45, 7) is 3.89. The normalized spacial score (nSPS) is 37.4. The molecule has 5 atom stereocenters. The van der Waals surface area contributed by atoms with E-state index >= 15 is 0 Å². The average Bonchev–Trinajstić information content (AvgIpc) is 2.80. The molecule has 0 spiro atoms. The summed E-state index contributed by atoms with van der Waals surface area (Å²) in [5, 5.41) is 9.14. The van der Waals surface area contributed by atoms with E-state index in [2.05, 4.69) is 11.4 Å². The van der Waals surface area contributed by atoms with Crippen LogP contribution < -0.4 is 0 Å². The minimum Gasteiger partial charge on any atom is -0.372 e. The Morgan fingerprint density at radius 3 is 2.82 bits per heavy atom. The summed E-state index contributed by atoms with van der Waals surface area (Å²) < 4.78 is 22.6. The van der Waals surface area contributed by atoms with Gasteiger partial charge in [-0.05, 0) is 0 Å². The molecule has 8 heteroatoms. The van der Waals surface area contributed by atoms with Gasteiger partial charge in [0.15, 0.2) is 6.10 Å². The highest BCUT2D eigenvalue weighted by molar-refractivity contribution is 7.85. The summed E-state index contributed by atoms with van der Waals surface area (Å²) >= 11 is 0. The molecular weight excluding hydrogens is 250 g/mol. The maximum atomic E-state index is 11.8. The Balaban J connectivity index is 1.99. The Bertz CT molecular complexity index is 348. The van der Waals surface area contributed by atoms with Crippen molar-refractivity contribution < 1.29 is 23.6 Å². The Kier molecular flexibility index (Phi) is 3.75. The molecule has 7 nitrogen and oxygen atoms in total. The molecule has 0 saturated carbocycles. The highest BCUT2D eigenvalue weighted by Crippen LogP contribution is 2.31. The number of rotatable bonds is 5. The summed E-state index contributed by atoms with van der Waals surface area (Å²) in [7, 11) is -1.13. The molecule has 2 rings (SSSR count). The zero-order chi connectivity index (χ0) is 12.4. The highest BCUT2D eigenvalue weighted by Gasteiger charge is 2.51. The van der Waals surface area contributed by atoms with Gasteiger partial charge >= 0.3 is 0 Å². The van der Waals surface area contributed by atoms with Gasteiger partial charge in [-0.25, -0.2) is 0 Å². The molecule has 17 heavy (non-hydrogen) atoms. The summed E-state index contributed by atoms with van der Waals surface area (Å²) in [6, 6.07) is 0. The lowest BCUT2D eigenvalue weighted by atomic mass is 10.1. The van der Waals surface area contributed by atoms with Gasteiger partial charge in [-0.1, -0.05) is 6.08 Å². The molecule has 0 N–H and O–H groups in total.